The van der Waals surface area contributed by atoms with Gasteiger partial charge >= 0.3 is 0 Å². The van der Waals surface area contributed by atoms with E-state index < -0.39 is 4.92 Å². The Morgan fingerprint density at radius 2 is 1.84 bits per heavy atom. The molecular formula is C22H32IN5O4. The summed E-state index contributed by atoms with van der Waals surface area (Å²) in [6, 6.07) is 12.5. The Kier molecular flexibility index (Phi) is 13.1. The van der Waals surface area contributed by atoms with Gasteiger partial charge in [0, 0.05) is 56.7 Å². The zero-order valence-corrected chi connectivity index (χ0v) is 21.1. The molecule has 10 heteroatoms. The number of ether oxygens (including phenoxy) is 2. The molecule has 2 rings (SSSR count). The van der Waals surface area contributed by atoms with Crippen LogP contribution < -0.4 is 20.7 Å². The van der Waals surface area contributed by atoms with Crippen molar-refractivity contribution in [3.63, 3.8) is 0 Å². The lowest BCUT2D eigenvalue weighted by Crippen LogP contribution is -2.39. The van der Waals surface area contributed by atoms with Gasteiger partial charge in [-0.25, -0.2) is 0 Å². The van der Waals surface area contributed by atoms with Crippen molar-refractivity contribution >= 4 is 41.3 Å². The van der Waals surface area contributed by atoms with E-state index in [1.54, 1.807) is 19.2 Å². The molecule has 0 spiro atoms. The summed E-state index contributed by atoms with van der Waals surface area (Å²) in [4.78, 5) is 14.5. The fourth-order valence-electron chi connectivity index (χ4n) is 2.79. The lowest BCUT2D eigenvalue weighted by atomic mass is 10.1. The second-order valence-electron chi connectivity index (χ2n) is 6.74. The molecule has 0 unspecified atom stereocenters. The number of nitrogens with zero attached hydrogens (tertiary/aromatic N) is 2. The lowest BCUT2D eigenvalue weighted by Gasteiger charge is -2.16. The minimum atomic E-state index is -0.412. The smallest absolute Gasteiger partial charge is 0.269 e. The predicted molar refractivity (Wildman–Crippen MR) is 138 cm³/mol. The number of hydrogen-bond acceptors (Lipinski definition) is 6. The molecule has 0 aliphatic heterocycles. The molecule has 0 aliphatic rings. The van der Waals surface area contributed by atoms with Crippen molar-refractivity contribution in [2.45, 2.75) is 20.4 Å². The van der Waals surface area contributed by atoms with Crippen LogP contribution in [0.3, 0.4) is 0 Å². The van der Waals surface area contributed by atoms with Crippen molar-refractivity contribution in [3.05, 3.63) is 63.7 Å². The zero-order valence-electron chi connectivity index (χ0n) is 18.7. The summed E-state index contributed by atoms with van der Waals surface area (Å²) in [6.07, 6.45) is 0. The van der Waals surface area contributed by atoms with Gasteiger partial charge in [-0.15, -0.1) is 24.0 Å². The maximum absolute atomic E-state index is 10.7. The summed E-state index contributed by atoms with van der Waals surface area (Å²) in [5.41, 5.74) is 3.07. The van der Waals surface area contributed by atoms with Gasteiger partial charge < -0.3 is 25.4 Å². The van der Waals surface area contributed by atoms with Gasteiger partial charge in [-0.1, -0.05) is 12.1 Å². The van der Waals surface area contributed by atoms with Crippen LogP contribution >= 0.6 is 24.0 Å². The molecule has 0 saturated heterocycles. The largest absolute Gasteiger partial charge is 0.491 e. The normalized spacial score (nSPS) is 10.8. The minimum absolute atomic E-state index is 0. The molecule has 176 valence electrons. The van der Waals surface area contributed by atoms with Gasteiger partial charge in [-0.3, -0.25) is 15.1 Å². The third-order valence-electron chi connectivity index (χ3n) is 4.41. The van der Waals surface area contributed by atoms with Gasteiger partial charge in [0.2, 0.25) is 0 Å². The number of aliphatic imine (C=N–C) groups is 1. The van der Waals surface area contributed by atoms with Gasteiger partial charge in [0.1, 0.15) is 12.4 Å². The second kappa shape index (κ2) is 15.2. The van der Waals surface area contributed by atoms with E-state index in [1.165, 1.54) is 12.1 Å². The topological polar surface area (TPSA) is 110 Å². The molecule has 0 aliphatic carbocycles. The van der Waals surface area contributed by atoms with Crippen molar-refractivity contribution in [1.82, 2.24) is 10.6 Å². The molecule has 0 atom stereocenters. The molecule has 0 aromatic heterocycles. The first-order valence-corrected chi connectivity index (χ1v) is 10.3. The van der Waals surface area contributed by atoms with Gasteiger partial charge in [0.05, 0.1) is 11.5 Å². The van der Waals surface area contributed by atoms with Crippen LogP contribution in [0.15, 0.2) is 47.5 Å². The maximum Gasteiger partial charge on any atom is 0.269 e. The zero-order chi connectivity index (χ0) is 22.5. The van der Waals surface area contributed by atoms with Crippen molar-refractivity contribution in [2.24, 2.45) is 4.99 Å². The summed E-state index contributed by atoms with van der Waals surface area (Å²) in [5.74, 6) is 1.51. The fraction of sp³-hybridized carbons (Fsp3) is 0.409. The van der Waals surface area contributed by atoms with Crippen LogP contribution in [-0.2, 0) is 11.3 Å². The SMILES string of the molecule is CCOCCOc1cc(C)ccc1CNC(=NC)NCCNc1ccc([N+](=O)[O-])cc1.I. The van der Waals surface area contributed by atoms with Crippen LogP contribution in [0, 0.1) is 17.0 Å². The number of guanidine groups is 1. The molecule has 0 fully saturated rings. The van der Waals surface area contributed by atoms with Crippen molar-refractivity contribution < 1.29 is 14.4 Å². The summed E-state index contributed by atoms with van der Waals surface area (Å²) < 4.78 is 11.2. The number of nitrogens with one attached hydrogen (secondary N) is 3. The molecule has 2 aromatic carbocycles. The molecular weight excluding hydrogens is 525 g/mol. The standard InChI is InChI=1S/C22H31N5O4.HI/c1-4-30-13-14-31-21-15-17(2)5-6-18(21)16-26-22(23-3)25-12-11-24-19-7-9-20(10-8-19)27(28)29;/h5-10,15,24H,4,11-14,16H2,1-3H3,(H2,23,25,26);1H. The number of nitro groups is 1. The Bertz CT molecular complexity index is 862. The molecule has 0 bridgehead atoms. The van der Waals surface area contributed by atoms with Gasteiger partial charge in [-0.2, -0.15) is 0 Å². The van der Waals surface area contributed by atoms with Crippen LogP contribution in [0.5, 0.6) is 5.75 Å². The lowest BCUT2D eigenvalue weighted by molar-refractivity contribution is -0.384. The van der Waals surface area contributed by atoms with Gasteiger partial charge in [-0.05, 0) is 37.6 Å². The molecule has 3 N–H and O–H groups in total. The van der Waals surface area contributed by atoms with E-state index in [-0.39, 0.29) is 29.7 Å². The minimum Gasteiger partial charge on any atom is -0.491 e. The Morgan fingerprint density at radius 1 is 1.09 bits per heavy atom. The van der Waals surface area contributed by atoms with Crippen LogP contribution in [0.25, 0.3) is 0 Å². The van der Waals surface area contributed by atoms with Crippen molar-refractivity contribution in [2.75, 3.05) is 45.3 Å². The van der Waals surface area contributed by atoms with E-state index >= 15 is 0 Å². The van der Waals surface area contributed by atoms with Crippen LogP contribution in [-0.4, -0.2) is 50.8 Å². The number of rotatable bonds is 12. The first kappa shape index (κ1) is 27.4. The molecule has 9 nitrogen and oxygen atoms in total. The number of aryl methyl sites for hydroxylation is 1. The van der Waals surface area contributed by atoms with E-state index in [1.807, 2.05) is 26.0 Å². The summed E-state index contributed by atoms with van der Waals surface area (Å²) >= 11 is 0. The number of nitro benzene ring substituents is 1. The molecule has 0 heterocycles. The number of halogens is 1. The Morgan fingerprint density at radius 3 is 2.50 bits per heavy atom. The first-order chi connectivity index (χ1) is 15.0. The van der Waals surface area contributed by atoms with E-state index in [0.717, 1.165) is 22.6 Å². The molecule has 32 heavy (non-hydrogen) atoms. The molecule has 0 radical (unpaired) electrons. The quantitative estimate of drug-likeness (QED) is 0.0912. The van der Waals surface area contributed by atoms with E-state index in [0.29, 0.717) is 45.4 Å². The Hall–Kier alpha value is -2.60. The van der Waals surface area contributed by atoms with E-state index in [4.69, 9.17) is 9.47 Å². The monoisotopic (exact) mass is 557 g/mol. The Labute approximate surface area is 206 Å². The predicted octanol–water partition coefficient (Wildman–Crippen LogP) is 3.71. The highest BCUT2D eigenvalue weighted by molar-refractivity contribution is 14.0. The fourth-order valence-corrected chi connectivity index (χ4v) is 2.79. The van der Waals surface area contributed by atoms with Crippen LogP contribution in [0.1, 0.15) is 18.1 Å². The van der Waals surface area contributed by atoms with Gasteiger partial charge in [0.15, 0.2) is 5.96 Å². The summed E-state index contributed by atoms with van der Waals surface area (Å²) in [6.45, 7) is 7.56. The number of benzene rings is 2. The van der Waals surface area contributed by atoms with Crippen molar-refractivity contribution in [1.29, 1.82) is 0 Å². The molecule has 0 saturated carbocycles. The highest BCUT2D eigenvalue weighted by Gasteiger charge is 2.07. The first-order valence-electron chi connectivity index (χ1n) is 10.3. The third-order valence-corrected chi connectivity index (χ3v) is 4.41. The molecule has 0 amide bonds. The van der Waals surface area contributed by atoms with E-state index in [9.17, 15) is 10.1 Å². The number of non-ortho nitro benzene ring substituents is 1. The summed E-state index contributed by atoms with van der Waals surface area (Å²) in [5, 5.41) is 20.4. The average molecular weight is 557 g/mol. The Balaban J connectivity index is 0.00000512. The third kappa shape index (κ3) is 9.69. The average Bonchev–Trinajstić information content (AvgIpc) is 2.77. The number of anilines is 1. The van der Waals surface area contributed by atoms with Gasteiger partial charge in [0.25, 0.3) is 5.69 Å². The van der Waals surface area contributed by atoms with E-state index in [2.05, 4.69) is 27.0 Å². The number of hydrogen-bond donors (Lipinski definition) is 3. The van der Waals surface area contributed by atoms with Crippen LogP contribution in [0.4, 0.5) is 11.4 Å². The highest BCUT2D eigenvalue weighted by atomic mass is 127. The van der Waals surface area contributed by atoms with Crippen molar-refractivity contribution in [3.8, 4) is 5.75 Å². The van der Waals surface area contributed by atoms with Crippen LogP contribution in [0.2, 0.25) is 0 Å². The molecule has 2 aromatic rings. The summed E-state index contributed by atoms with van der Waals surface area (Å²) in [7, 11) is 1.72. The second-order valence-corrected chi connectivity index (χ2v) is 6.74. The highest BCUT2D eigenvalue weighted by Crippen LogP contribution is 2.20. The maximum atomic E-state index is 10.7.